The van der Waals surface area contributed by atoms with Crippen molar-refractivity contribution in [2.75, 3.05) is 0 Å². The third kappa shape index (κ3) is 3.23. The van der Waals surface area contributed by atoms with Crippen LogP contribution in [0.5, 0.6) is 0 Å². The zero-order valence-electron chi connectivity index (χ0n) is 16.8. The highest BCUT2D eigenvalue weighted by Crippen LogP contribution is 2.64. The maximum atomic E-state index is 2.92. The van der Waals surface area contributed by atoms with Crippen molar-refractivity contribution in [2.45, 2.75) is 78.1 Å². The van der Waals surface area contributed by atoms with Crippen molar-refractivity contribution < 1.29 is 0 Å². The standard InChI is InChI=1S/C19H30.C6H7N/c1-18-11-5-7-16(18)15-9-8-14-6-3-4-12-19(14,2)17(15)10-13-18;1-2-4-6-7-5-3-1/h8,15-17H,3-7,9-13H2,1-2H3;1-7H/t15-,16-,17-,18-,19-;/m0./s1. The molecule has 0 spiro atoms. The fourth-order valence-electron chi connectivity index (χ4n) is 7.10. The lowest BCUT2D eigenvalue weighted by atomic mass is 9.48. The first-order chi connectivity index (χ1) is 12.6. The van der Waals surface area contributed by atoms with Crippen LogP contribution >= 0.6 is 0 Å². The van der Waals surface area contributed by atoms with Gasteiger partial charge >= 0.3 is 0 Å². The van der Waals surface area contributed by atoms with Gasteiger partial charge in [-0.15, -0.1) is 0 Å². The number of hydrogen-bond acceptors (Lipinski definition) is 1. The Labute approximate surface area is 160 Å². The first kappa shape index (κ1) is 18.1. The Kier molecular flexibility index (Phi) is 5.17. The number of hydrogen-bond donors (Lipinski definition) is 1. The predicted octanol–water partition coefficient (Wildman–Crippen LogP) is 6.90. The summed E-state index contributed by atoms with van der Waals surface area (Å²) in [7, 11) is 0. The van der Waals surface area contributed by atoms with Crippen LogP contribution in [-0.4, -0.2) is 0 Å². The molecule has 0 unspecified atom stereocenters. The first-order valence-corrected chi connectivity index (χ1v) is 11.1. The van der Waals surface area contributed by atoms with Gasteiger partial charge in [0.15, 0.2) is 0 Å². The summed E-state index contributed by atoms with van der Waals surface area (Å²) < 4.78 is 0. The molecule has 1 aliphatic heterocycles. The minimum absolute atomic E-state index is 0.602. The second-order valence-electron chi connectivity index (χ2n) is 9.82. The fourth-order valence-corrected chi connectivity index (χ4v) is 7.10. The summed E-state index contributed by atoms with van der Waals surface area (Å²) in [4.78, 5) is 0. The third-order valence-corrected chi connectivity index (χ3v) is 8.52. The number of nitrogens with one attached hydrogen (secondary N) is 1. The molecule has 0 aromatic rings. The number of allylic oxidation sites excluding steroid dienone is 6. The van der Waals surface area contributed by atoms with Gasteiger partial charge in [-0.3, -0.25) is 0 Å². The van der Waals surface area contributed by atoms with Crippen LogP contribution in [0.15, 0.2) is 48.4 Å². The number of rotatable bonds is 0. The quantitative estimate of drug-likeness (QED) is 0.468. The van der Waals surface area contributed by atoms with Gasteiger partial charge in [-0.2, -0.15) is 0 Å². The van der Waals surface area contributed by atoms with E-state index in [0.29, 0.717) is 5.41 Å². The molecule has 5 rings (SSSR count). The van der Waals surface area contributed by atoms with Gasteiger partial charge in [0, 0.05) is 12.4 Å². The molecule has 142 valence electrons. The second kappa shape index (κ2) is 7.41. The highest BCUT2D eigenvalue weighted by Gasteiger charge is 2.55. The van der Waals surface area contributed by atoms with Gasteiger partial charge in [0.2, 0.25) is 0 Å². The van der Waals surface area contributed by atoms with E-state index in [4.69, 9.17) is 0 Å². The summed E-state index contributed by atoms with van der Waals surface area (Å²) in [6.07, 6.45) is 29.2. The van der Waals surface area contributed by atoms with E-state index in [1.807, 2.05) is 42.3 Å². The molecule has 1 nitrogen and oxygen atoms in total. The molecule has 0 saturated heterocycles. The fraction of sp³-hybridized carbons (Fsp3) is 0.680. The van der Waals surface area contributed by atoms with Gasteiger partial charge in [-0.1, -0.05) is 50.5 Å². The Morgan fingerprint density at radius 1 is 0.846 bits per heavy atom. The van der Waals surface area contributed by atoms with E-state index < -0.39 is 0 Å². The molecule has 0 bridgehead atoms. The molecule has 0 radical (unpaired) electrons. The zero-order valence-corrected chi connectivity index (χ0v) is 16.8. The van der Waals surface area contributed by atoms with Crippen molar-refractivity contribution in [3.8, 4) is 0 Å². The van der Waals surface area contributed by atoms with Crippen LogP contribution in [0.25, 0.3) is 0 Å². The van der Waals surface area contributed by atoms with E-state index >= 15 is 0 Å². The molecule has 3 saturated carbocycles. The summed E-state index contributed by atoms with van der Waals surface area (Å²) in [5, 5.41) is 2.92. The first-order valence-electron chi connectivity index (χ1n) is 11.1. The molecule has 3 fully saturated rings. The summed E-state index contributed by atoms with van der Waals surface area (Å²) >= 11 is 0. The summed E-state index contributed by atoms with van der Waals surface area (Å²) in [5.41, 5.74) is 3.18. The molecular weight excluding hydrogens is 314 g/mol. The molecule has 4 aliphatic carbocycles. The molecule has 0 aromatic carbocycles. The van der Waals surface area contributed by atoms with Crippen molar-refractivity contribution in [3.63, 3.8) is 0 Å². The molecular formula is C25H37N. The average molecular weight is 352 g/mol. The largest absolute Gasteiger partial charge is 0.368 e. The van der Waals surface area contributed by atoms with E-state index in [0.717, 1.165) is 23.2 Å². The third-order valence-electron chi connectivity index (χ3n) is 8.52. The molecule has 26 heavy (non-hydrogen) atoms. The summed E-state index contributed by atoms with van der Waals surface area (Å²) in [6.45, 7) is 5.25. The second-order valence-corrected chi connectivity index (χ2v) is 9.82. The summed E-state index contributed by atoms with van der Waals surface area (Å²) in [5.74, 6) is 3.12. The maximum Gasteiger partial charge on any atom is 0.000442 e. The van der Waals surface area contributed by atoms with Gasteiger partial charge in [-0.25, -0.2) is 0 Å². The smallest absolute Gasteiger partial charge is 0.000442 e. The Morgan fingerprint density at radius 2 is 1.65 bits per heavy atom. The summed E-state index contributed by atoms with van der Waals surface area (Å²) in [6, 6.07) is 0. The lowest BCUT2D eigenvalue weighted by Gasteiger charge is -2.56. The van der Waals surface area contributed by atoms with Crippen molar-refractivity contribution in [1.29, 1.82) is 0 Å². The topological polar surface area (TPSA) is 12.0 Å². The Bertz CT molecular complexity index is 610. The van der Waals surface area contributed by atoms with Crippen LogP contribution in [0, 0.1) is 28.6 Å². The van der Waals surface area contributed by atoms with Gasteiger partial charge < -0.3 is 5.32 Å². The molecule has 0 amide bonds. The van der Waals surface area contributed by atoms with E-state index in [1.54, 1.807) is 0 Å². The van der Waals surface area contributed by atoms with Crippen LogP contribution in [0.1, 0.15) is 78.1 Å². The lowest BCUT2D eigenvalue weighted by molar-refractivity contribution is -0.0248. The highest BCUT2D eigenvalue weighted by atomic mass is 14.8. The molecule has 5 aliphatic rings. The minimum atomic E-state index is 0.602. The number of fused-ring (bicyclic) bond motifs is 5. The molecule has 1 heteroatoms. The molecule has 1 heterocycles. The van der Waals surface area contributed by atoms with Crippen molar-refractivity contribution in [3.05, 3.63) is 48.4 Å². The van der Waals surface area contributed by atoms with Gasteiger partial charge in [0.05, 0.1) is 0 Å². The van der Waals surface area contributed by atoms with E-state index in [1.165, 1.54) is 64.2 Å². The molecule has 5 atom stereocenters. The van der Waals surface area contributed by atoms with Crippen LogP contribution in [0.4, 0.5) is 0 Å². The van der Waals surface area contributed by atoms with E-state index in [-0.39, 0.29) is 0 Å². The van der Waals surface area contributed by atoms with E-state index in [9.17, 15) is 0 Å². The zero-order chi connectivity index (χ0) is 18.0. The molecule has 0 aromatic heterocycles. The predicted molar refractivity (Wildman–Crippen MR) is 111 cm³/mol. The normalized spacial score (nSPS) is 43.0. The highest BCUT2D eigenvalue weighted by molar-refractivity contribution is 5.24. The Hall–Kier alpha value is -1.24. The average Bonchev–Trinajstić information content (AvgIpc) is 2.85. The maximum absolute atomic E-state index is 2.92. The Morgan fingerprint density at radius 3 is 2.46 bits per heavy atom. The lowest BCUT2D eigenvalue weighted by Crippen LogP contribution is -2.48. The van der Waals surface area contributed by atoms with Gasteiger partial charge in [0.25, 0.3) is 0 Å². The van der Waals surface area contributed by atoms with Crippen molar-refractivity contribution in [1.82, 2.24) is 5.32 Å². The van der Waals surface area contributed by atoms with Crippen LogP contribution < -0.4 is 5.32 Å². The van der Waals surface area contributed by atoms with Crippen LogP contribution in [-0.2, 0) is 0 Å². The monoisotopic (exact) mass is 351 g/mol. The SMILES string of the molecule is C1=CC=CNC=C1.C[C@@]12CCC[C@H]1[C@@H]1CC=C3CCCC[C@]3(C)[C@H]1CC2. The van der Waals surface area contributed by atoms with Gasteiger partial charge in [-0.05, 0) is 92.1 Å². The van der Waals surface area contributed by atoms with Crippen molar-refractivity contribution in [2.24, 2.45) is 28.6 Å². The van der Waals surface area contributed by atoms with E-state index in [2.05, 4.69) is 25.2 Å². The Balaban J connectivity index is 0.000000204. The van der Waals surface area contributed by atoms with Gasteiger partial charge in [0.1, 0.15) is 0 Å². The molecule has 1 N–H and O–H groups in total. The van der Waals surface area contributed by atoms with Crippen LogP contribution in [0.2, 0.25) is 0 Å². The van der Waals surface area contributed by atoms with Crippen LogP contribution in [0.3, 0.4) is 0 Å². The van der Waals surface area contributed by atoms with Crippen molar-refractivity contribution >= 4 is 0 Å². The minimum Gasteiger partial charge on any atom is -0.368 e.